The van der Waals surface area contributed by atoms with Crippen LogP contribution in [0.25, 0.3) is 0 Å². The van der Waals surface area contributed by atoms with Gasteiger partial charge in [-0.15, -0.1) is 10.9 Å². The molecule has 1 spiro atoms. The zero-order valence-electron chi connectivity index (χ0n) is 13.4. The lowest BCUT2D eigenvalue weighted by molar-refractivity contribution is -0.112. The summed E-state index contributed by atoms with van der Waals surface area (Å²) in [5.74, 6) is 0.715. The molecule has 0 aromatic rings. The van der Waals surface area contributed by atoms with E-state index in [2.05, 4.69) is 11.0 Å². The predicted octanol–water partition coefficient (Wildman–Crippen LogP) is 3.64. The summed E-state index contributed by atoms with van der Waals surface area (Å²) >= 11 is 0. The molecule has 3 aliphatic heterocycles. The van der Waals surface area contributed by atoms with Crippen molar-refractivity contribution >= 4 is 16.2 Å². The van der Waals surface area contributed by atoms with Gasteiger partial charge in [0.25, 0.3) is 0 Å². The molecule has 2 unspecified atom stereocenters. The Morgan fingerprint density at radius 2 is 2.00 bits per heavy atom. The number of hydrogen-bond acceptors (Lipinski definition) is 3. The van der Waals surface area contributed by atoms with Crippen molar-refractivity contribution in [2.24, 2.45) is 5.92 Å². The zero-order chi connectivity index (χ0) is 15.6. The highest BCUT2D eigenvalue weighted by Gasteiger charge is 2.52. The van der Waals surface area contributed by atoms with Gasteiger partial charge in [0.1, 0.15) is 5.60 Å². The Kier molecular flexibility index (Phi) is 3.23. The molecule has 4 nitrogen and oxygen atoms in total. The number of carbonyl (C=O) groups is 1. The highest BCUT2D eigenvalue weighted by molar-refractivity contribution is 8.35. The second-order valence-electron chi connectivity index (χ2n) is 7.80. The number of allylic oxidation sites excluding steroid dienone is 1. The van der Waals surface area contributed by atoms with Gasteiger partial charge in [0.15, 0.2) is 0 Å². The van der Waals surface area contributed by atoms with Gasteiger partial charge in [-0.25, -0.2) is 4.79 Å². The summed E-state index contributed by atoms with van der Waals surface area (Å²) in [5.41, 5.74) is 1.03. The molecule has 2 saturated carbocycles. The monoisotopic (exact) mass is 335 g/mol. The van der Waals surface area contributed by atoms with Gasteiger partial charge in [-0.2, -0.15) is 0 Å². The number of hydrogen-bond donors (Lipinski definition) is 2. The molecule has 0 bridgehead atoms. The van der Waals surface area contributed by atoms with Crippen LogP contribution in [0.5, 0.6) is 0 Å². The Balaban J connectivity index is 1.46. The average molecular weight is 335 g/mol. The molecule has 0 amide bonds. The van der Waals surface area contributed by atoms with Crippen molar-refractivity contribution in [3.05, 3.63) is 22.0 Å². The van der Waals surface area contributed by atoms with Crippen LogP contribution in [-0.4, -0.2) is 46.1 Å². The molecule has 3 fully saturated rings. The molecule has 5 aliphatic rings. The lowest BCUT2D eigenvalue weighted by Crippen LogP contribution is -2.51. The Labute approximate surface area is 139 Å². The summed E-state index contributed by atoms with van der Waals surface area (Å²) < 4.78 is 6.71. The topological polar surface area (TPSA) is 49.8 Å². The van der Waals surface area contributed by atoms with Gasteiger partial charge < -0.3 is 14.7 Å². The number of fused-ring (bicyclic) bond motifs is 1. The molecule has 5 rings (SSSR count). The number of nitrogens with zero attached hydrogens (tertiary/aromatic N) is 1. The maximum absolute atomic E-state index is 11.8. The minimum Gasteiger partial charge on any atom is -0.474 e. The summed E-state index contributed by atoms with van der Waals surface area (Å²) in [4.78, 5) is 15.5. The quantitative estimate of drug-likeness (QED) is 0.757. The molecular formula is C18H25NO3S. The smallest absolute Gasteiger partial charge is 0.352 e. The fraction of sp³-hybridized carbons (Fsp3) is 0.722. The highest BCUT2D eigenvalue weighted by Crippen LogP contribution is 2.59. The molecule has 1 saturated heterocycles. The summed E-state index contributed by atoms with van der Waals surface area (Å²) in [5, 5.41) is 11.0. The standard InChI is InChI=1S/C18H25NO3S/c20-17(21)23-10-5-13-11-15(12-1-2-12)22-18(16(13)23)6-8-19(9-7-18)14-3-4-14/h5,10,12,14-15,23H,1-4,6-9,11H2,(H,20,21). The van der Waals surface area contributed by atoms with Crippen LogP contribution in [0, 0.1) is 5.92 Å². The van der Waals surface area contributed by atoms with Crippen LogP contribution in [0.2, 0.25) is 0 Å². The summed E-state index contributed by atoms with van der Waals surface area (Å²) in [6, 6.07) is 0.798. The van der Waals surface area contributed by atoms with Crippen LogP contribution in [0.1, 0.15) is 44.9 Å². The van der Waals surface area contributed by atoms with Crippen molar-refractivity contribution in [1.82, 2.24) is 4.90 Å². The van der Waals surface area contributed by atoms with Gasteiger partial charge in [-0.1, -0.05) is 6.08 Å². The number of rotatable bonds is 2. The van der Waals surface area contributed by atoms with E-state index in [0.29, 0.717) is 12.0 Å². The van der Waals surface area contributed by atoms with E-state index in [-0.39, 0.29) is 5.60 Å². The van der Waals surface area contributed by atoms with Crippen molar-refractivity contribution in [3.8, 4) is 0 Å². The van der Waals surface area contributed by atoms with Gasteiger partial charge in [0.05, 0.1) is 6.10 Å². The van der Waals surface area contributed by atoms with Crippen LogP contribution in [0.4, 0.5) is 4.79 Å². The SMILES string of the molecule is O=C(O)[SH]1C=CC2=C1C1(CCN(C3CC3)CC1)OC(C1CC1)C2. The maximum Gasteiger partial charge on any atom is 0.352 e. The Morgan fingerprint density at radius 3 is 2.61 bits per heavy atom. The Morgan fingerprint density at radius 1 is 1.26 bits per heavy atom. The lowest BCUT2D eigenvalue weighted by Gasteiger charge is -2.49. The first-order valence-corrected chi connectivity index (χ1v) is 10.4. The first-order chi connectivity index (χ1) is 11.2. The fourth-order valence-corrected chi connectivity index (χ4v) is 6.68. The normalized spacial score (nSPS) is 38.1. The van der Waals surface area contributed by atoms with Crippen molar-refractivity contribution in [2.75, 3.05) is 13.1 Å². The molecule has 0 radical (unpaired) electrons. The van der Waals surface area contributed by atoms with Crippen molar-refractivity contribution in [1.29, 1.82) is 0 Å². The Hall–Kier alpha value is -0.780. The van der Waals surface area contributed by atoms with Gasteiger partial charge in [0.2, 0.25) is 0 Å². The third-order valence-corrected chi connectivity index (χ3v) is 8.26. The average Bonchev–Trinajstić information content (AvgIpc) is 3.44. The van der Waals surface area contributed by atoms with Crippen molar-refractivity contribution in [3.63, 3.8) is 0 Å². The summed E-state index contributed by atoms with van der Waals surface area (Å²) in [7, 11) is -1.19. The van der Waals surface area contributed by atoms with Crippen molar-refractivity contribution in [2.45, 2.75) is 62.7 Å². The van der Waals surface area contributed by atoms with E-state index in [1.54, 1.807) is 0 Å². The highest BCUT2D eigenvalue weighted by atomic mass is 32.2. The third kappa shape index (κ3) is 2.39. The molecule has 3 heterocycles. The fourth-order valence-electron chi connectivity index (χ4n) is 4.69. The van der Waals surface area contributed by atoms with Gasteiger partial charge in [-0.3, -0.25) is 0 Å². The van der Waals surface area contributed by atoms with Gasteiger partial charge >= 0.3 is 5.30 Å². The van der Waals surface area contributed by atoms with E-state index in [4.69, 9.17) is 4.74 Å². The molecule has 2 aliphatic carbocycles. The molecule has 0 aromatic carbocycles. The second-order valence-corrected chi connectivity index (χ2v) is 9.67. The van der Waals surface area contributed by atoms with E-state index in [1.807, 2.05) is 5.41 Å². The maximum atomic E-state index is 11.8. The molecule has 23 heavy (non-hydrogen) atoms. The van der Waals surface area contributed by atoms with E-state index in [1.165, 1.54) is 31.3 Å². The van der Waals surface area contributed by atoms with Crippen LogP contribution >= 0.6 is 10.9 Å². The first-order valence-electron chi connectivity index (χ1n) is 9.02. The summed E-state index contributed by atoms with van der Waals surface area (Å²) in [6.45, 7) is 2.14. The predicted molar refractivity (Wildman–Crippen MR) is 92.0 cm³/mol. The van der Waals surface area contributed by atoms with Crippen molar-refractivity contribution < 1.29 is 14.6 Å². The Bertz CT molecular complexity index is 597. The summed E-state index contributed by atoms with van der Waals surface area (Å²) in [6.07, 6.45) is 10.6. The largest absolute Gasteiger partial charge is 0.474 e. The first kappa shape index (κ1) is 14.6. The number of likely N-dealkylation sites (tertiary alicyclic amines) is 1. The van der Waals surface area contributed by atoms with E-state index < -0.39 is 16.2 Å². The van der Waals surface area contributed by atoms with Crippen LogP contribution in [0.15, 0.2) is 22.0 Å². The molecule has 5 heteroatoms. The second kappa shape index (κ2) is 5.11. The minimum absolute atomic E-state index is 0.278. The van der Waals surface area contributed by atoms with E-state index in [0.717, 1.165) is 43.3 Å². The number of carboxylic acid groups (broad SMARTS) is 1. The van der Waals surface area contributed by atoms with Crippen LogP contribution in [-0.2, 0) is 4.74 Å². The van der Waals surface area contributed by atoms with Crippen LogP contribution in [0.3, 0.4) is 0 Å². The molecular weight excluding hydrogens is 310 g/mol. The molecule has 126 valence electrons. The molecule has 2 atom stereocenters. The van der Waals surface area contributed by atoms with Gasteiger partial charge in [0, 0.05) is 24.0 Å². The third-order valence-electron chi connectivity index (χ3n) is 6.22. The minimum atomic E-state index is -1.19. The van der Waals surface area contributed by atoms with Gasteiger partial charge in [-0.05, 0) is 61.8 Å². The zero-order valence-corrected chi connectivity index (χ0v) is 14.3. The molecule has 0 aromatic heterocycles. The number of ether oxygens (including phenoxy) is 1. The lowest BCUT2D eigenvalue weighted by atomic mass is 9.84. The van der Waals surface area contributed by atoms with E-state index >= 15 is 0 Å². The molecule has 1 N–H and O–H groups in total. The number of piperidine rings is 1. The van der Waals surface area contributed by atoms with Crippen LogP contribution < -0.4 is 0 Å². The van der Waals surface area contributed by atoms with E-state index in [9.17, 15) is 9.90 Å². The number of thiol groups is 1.